The molecule has 1 aromatic carbocycles. The van der Waals surface area contributed by atoms with Crippen molar-refractivity contribution in [2.45, 2.75) is 66.0 Å². The average molecular weight is 335 g/mol. The van der Waals surface area contributed by atoms with Gasteiger partial charge in [-0.3, -0.25) is 4.79 Å². The van der Waals surface area contributed by atoms with E-state index in [0.29, 0.717) is 24.3 Å². The molecule has 0 aromatic heterocycles. The molecule has 0 bridgehead atoms. The molecule has 4 nitrogen and oxygen atoms in total. The molecule has 0 saturated carbocycles. The van der Waals surface area contributed by atoms with Crippen LogP contribution in [0.4, 0.5) is 0 Å². The zero-order valence-corrected chi connectivity index (χ0v) is 16.0. The van der Waals surface area contributed by atoms with Gasteiger partial charge >= 0.3 is 0 Å². The van der Waals surface area contributed by atoms with Crippen molar-refractivity contribution in [2.75, 3.05) is 13.2 Å². The zero-order valence-electron chi connectivity index (χ0n) is 16.0. The zero-order chi connectivity index (χ0) is 18.4. The maximum atomic E-state index is 11.6. The summed E-state index contributed by atoms with van der Waals surface area (Å²) < 4.78 is 5.60. The summed E-state index contributed by atoms with van der Waals surface area (Å²) >= 11 is 0. The fourth-order valence-electron chi connectivity index (χ4n) is 2.97. The van der Waals surface area contributed by atoms with Gasteiger partial charge < -0.3 is 15.2 Å². The molecule has 0 aliphatic heterocycles. The monoisotopic (exact) mass is 335 g/mol. The summed E-state index contributed by atoms with van der Waals surface area (Å²) in [5.74, 6) is 0.780. The fraction of sp³-hybridized carbons (Fsp3) is 0.650. The molecule has 0 spiro atoms. The van der Waals surface area contributed by atoms with E-state index in [1.165, 1.54) is 0 Å². The molecule has 0 aliphatic rings. The summed E-state index contributed by atoms with van der Waals surface area (Å²) in [6, 6.07) is 7.07. The van der Waals surface area contributed by atoms with Crippen LogP contribution in [-0.2, 0) is 0 Å². The molecule has 0 aliphatic carbocycles. The van der Waals surface area contributed by atoms with E-state index in [4.69, 9.17) is 4.74 Å². The van der Waals surface area contributed by atoms with Gasteiger partial charge in [0.15, 0.2) is 5.78 Å². The predicted octanol–water partition coefficient (Wildman–Crippen LogP) is 3.82. The van der Waals surface area contributed by atoms with Crippen molar-refractivity contribution in [3.05, 3.63) is 29.8 Å². The SMILES string of the molecule is CCC(=O)c1ccc(OC[C@H](O)CNC(C)(C)CC(C)(C)C)cc1. The highest BCUT2D eigenvalue weighted by molar-refractivity contribution is 5.95. The summed E-state index contributed by atoms with van der Waals surface area (Å²) in [6.45, 7) is 13.5. The first kappa shape index (κ1) is 20.7. The number of carbonyl (C=O) groups is 1. The summed E-state index contributed by atoms with van der Waals surface area (Å²) in [7, 11) is 0. The molecular formula is C20H33NO3. The number of aliphatic hydroxyl groups excluding tert-OH is 1. The Morgan fingerprint density at radius 1 is 1.17 bits per heavy atom. The molecule has 1 rings (SSSR count). The average Bonchev–Trinajstić information content (AvgIpc) is 2.48. The fourth-order valence-corrected chi connectivity index (χ4v) is 2.97. The van der Waals surface area contributed by atoms with Crippen LogP contribution in [0.25, 0.3) is 0 Å². The molecule has 0 saturated heterocycles. The minimum Gasteiger partial charge on any atom is -0.491 e. The van der Waals surface area contributed by atoms with Crippen molar-refractivity contribution < 1.29 is 14.6 Å². The number of ether oxygens (including phenoxy) is 1. The highest BCUT2D eigenvalue weighted by Crippen LogP contribution is 2.26. The second kappa shape index (κ2) is 8.63. The normalized spacial score (nSPS) is 13.6. The minimum absolute atomic E-state index is 0.0403. The number of hydrogen-bond donors (Lipinski definition) is 2. The third-order valence-corrected chi connectivity index (χ3v) is 3.73. The van der Waals surface area contributed by atoms with Crippen LogP contribution in [0, 0.1) is 5.41 Å². The van der Waals surface area contributed by atoms with Crippen LogP contribution in [0.3, 0.4) is 0 Å². The maximum Gasteiger partial charge on any atom is 0.162 e. The van der Waals surface area contributed by atoms with Gasteiger partial charge in [0.25, 0.3) is 0 Å². The first-order chi connectivity index (χ1) is 11.0. The molecule has 24 heavy (non-hydrogen) atoms. The Morgan fingerprint density at radius 3 is 2.25 bits per heavy atom. The van der Waals surface area contributed by atoms with E-state index in [0.717, 1.165) is 6.42 Å². The van der Waals surface area contributed by atoms with E-state index < -0.39 is 6.10 Å². The Labute approximate surface area is 146 Å². The second-order valence-corrected chi connectivity index (χ2v) is 8.27. The number of carbonyl (C=O) groups excluding carboxylic acids is 1. The molecular weight excluding hydrogens is 302 g/mol. The van der Waals surface area contributed by atoms with E-state index >= 15 is 0 Å². The summed E-state index contributed by atoms with van der Waals surface area (Å²) in [6.07, 6.45) is 0.927. The number of ketones is 1. The van der Waals surface area contributed by atoms with Gasteiger partial charge in [0, 0.05) is 24.1 Å². The number of aliphatic hydroxyl groups is 1. The van der Waals surface area contributed by atoms with Gasteiger partial charge in [-0.2, -0.15) is 0 Å². The minimum atomic E-state index is -0.582. The van der Waals surface area contributed by atoms with Gasteiger partial charge in [-0.1, -0.05) is 27.7 Å². The molecule has 0 fully saturated rings. The van der Waals surface area contributed by atoms with Crippen molar-refractivity contribution in [1.82, 2.24) is 5.32 Å². The molecule has 0 heterocycles. The van der Waals surface area contributed by atoms with Gasteiger partial charge in [-0.25, -0.2) is 0 Å². The first-order valence-corrected chi connectivity index (χ1v) is 8.71. The molecule has 2 N–H and O–H groups in total. The molecule has 136 valence electrons. The quantitative estimate of drug-likeness (QED) is 0.674. The van der Waals surface area contributed by atoms with E-state index in [1.54, 1.807) is 24.3 Å². The number of rotatable bonds is 9. The van der Waals surface area contributed by atoms with Crippen LogP contribution in [0.2, 0.25) is 0 Å². The number of Topliss-reactive ketones (excluding diaryl/α,β-unsaturated/α-hetero) is 1. The van der Waals surface area contributed by atoms with Gasteiger partial charge in [0.05, 0.1) is 0 Å². The molecule has 0 radical (unpaired) electrons. The highest BCUT2D eigenvalue weighted by Gasteiger charge is 2.25. The van der Waals surface area contributed by atoms with E-state index in [9.17, 15) is 9.90 Å². The summed E-state index contributed by atoms with van der Waals surface area (Å²) in [5.41, 5.74) is 0.882. The Bertz CT molecular complexity index is 515. The van der Waals surface area contributed by atoms with Gasteiger partial charge in [-0.15, -0.1) is 0 Å². The Balaban J connectivity index is 2.41. The lowest BCUT2D eigenvalue weighted by molar-refractivity contribution is 0.0942. The first-order valence-electron chi connectivity index (χ1n) is 8.71. The predicted molar refractivity (Wildman–Crippen MR) is 98.7 cm³/mol. The van der Waals surface area contributed by atoms with Crippen LogP contribution in [0.5, 0.6) is 5.75 Å². The molecule has 4 heteroatoms. The smallest absolute Gasteiger partial charge is 0.162 e. The van der Waals surface area contributed by atoms with E-state index in [2.05, 4.69) is 39.9 Å². The largest absolute Gasteiger partial charge is 0.491 e. The molecule has 1 aromatic rings. The van der Waals surface area contributed by atoms with Gasteiger partial charge in [-0.05, 0) is 49.9 Å². The lowest BCUT2D eigenvalue weighted by atomic mass is 9.82. The van der Waals surface area contributed by atoms with Gasteiger partial charge in [0.1, 0.15) is 18.5 Å². The lowest BCUT2D eigenvalue weighted by Gasteiger charge is -2.34. The van der Waals surface area contributed by atoms with Crippen molar-refractivity contribution in [3.63, 3.8) is 0 Å². The van der Waals surface area contributed by atoms with Crippen molar-refractivity contribution in [3.8, 4) is 5.75 Å². The van der Waals surface area contributed by atoms with Crippen molar-refractivity contribution in [1.29, 1.82) is 0 Å². The second-order valence-electron chi connectivity index (χ2n) is 8.27. The van der Waals surface area contributed by atoms with E-state index in [1.807, 2.05) is 6.92 Å². The summed E-state index contributed by atoms with van der Waals surface area (Å²) in [4.78, 5) is 11.6. The standard InChI is InChI=1S/C20H33NO3/c1-7-18(23)15-8-10-17(11-9-15)24-13-16(22)12-21-20(5,6)14-19(2,3)4/h8-11,16,21-22H,7,12-14H2,1-6H3/t16-/m1/s1. The maximum absolute atomic E-state index is 11.6. The van der Waals surface area contributed by atoms with Crippen LogP contribution >= 0.6 is 0 Å². The number of nitrogens with one attached hydrogen (secondary N) is 1. The summed E-state index contributed by atoms with van der Waals surface area (Å²) in [5, 5.41) is 13.5. The van der Waals surface area contributed by atoms with Crippen LogP contribution < -0.4 is 10.1 Å². The van der Waals surface area contributed by atoms with Gasteiger partial charge in [0.2, 0.25) is 0 Å². The van der Waals surface area contributed by atoms with Crippen molar-refractivity contribution >= 4 is 5.78 Å². The number of benzene rings is 1. The molecule has 1 atom stereocenters. The Morgan fingerprint density at radius 2 is 1.75 bits per heavy atom. The van der Waals surface area contributed by atoms with Crippen LogP contribution in [-0.4, -0.2) is 35.7 Å². The van der Waals surface area contributed by atoms with Crippen LogP contribution in [0.15, 0.2) is 24.3 Å². The molecule has 0 unspecified atom stereocenters. The number of β-amino-alcohol motifs (C(OH)–C–C–N with tert-alkyl or cyclic N) is 1. The van der Waals surface area contributed by atoms with Crippen molar-refractivity contribution in [2.24, 2.45) is 5.41 Å². The van der Waals surface area contributed by atoms with Crippen LogP contribution in [0.1, 0.15) is 64.7 Å². The third-order valence-electron chi connectivity index (χ3n) is 3.73. The highest BCUT2D eigenvalue weighted by atomic mass is 16.5. The Kier molecular flexibility index (Phi) is 7.43. The van der Waals surface area contributed by atoms with E-state index in [-0.39, 0.29) is 23.3 Å². The number of hydrogen-bond acceptors (Lipinski definition) is 4. The third kappa shape index (κ3) is 7.93. The lowest BCUT2D eigenvalue weighted by Crippen LogP contribution is -2.46. The topological polar surface area (TPSA) is 58.6 Å². The Hall–Kier alpha value is -1.39. The molecule has 0 amide bonds.